The van der Waals surface area contributed by atoms with Crippen LogP contribution in [-0.2, 0) is 9.53 Å². The lowest BCUT2D eigenvalue weighted by Gasteiger charge is -2.33. The zero-order valence-electron chi connectivity index (χ0n) is 11.1. The Kier molecular flexibility index (Phi) is 4.82. The average molecular weight is 362 g/mol. The van der Waals surface area contributed by atoms with Gasteiger partial charge in [-0.05, 0) is 47.3 Å². The molecule has 1 aliphatic rings. The molecule has 0 aliphatic carbocycles. The highest BCUT2D eigenvalue weighted by Gasteiger charge is 2.40. The monoisotopic (exact) mass is 361 g/mol. The minimum Gasteiger partial charge on any atom is -0.481 e. The van der Waals surface area contributed by atoms with E-state index in [0.717, 1.165) is 9.35 Å². The molecule has 1 aliphatic heterocycles. The molecule has 0 saturated carbocycles. The van der Waals surface area contributed by atoms with E-state index in [0.29, 0.717) is 30.9 Å². The first-order valence-electron chi connectivity index (χ1n) is 6.30. The molecule has 1 fully saturated rings. The van der Waals surface area contributed by atoms with Crippen molar-refractivity contribution in [3.8, 4) is 0 Å². The number of carboxylic acid groups (broad SMARTS) is 1. The summed E-state index contributed by atoms with van der Waals surface area (Å²) in [7, 11) is 0. The number of hydrogen-bond acceptors (Lipinski definition) is 4. The summed E-state index contributed by atoms with van der Waals surface area (Å²) in [5.41, 5.74) is 0.0939. The van der Waals surface area contributed by atoms with E-state index in [4.69, 9.17) is 4.74 Å². The van der Waals surface area contributed by atoms with Gasteiger partial charge in [0.15, 0.2) is 0 Å². The van der Waals surface area contributed by atoms with E-state index in [2.05, 4.69) is 21.2 Å². The fourth-order valence-electron chi connectivity index (χ4n) is 2.14. The molecule has 1 aromatic heterocycles. The number of thiophene rings is 1. The first kappa shape index (κ1) is 15.5. The molecular weight excluding hydrogens is 346 g/mol. The van der Waals surface area contributed by atoms with Gasteiger partial charge in [0.1, 0.15) is 0 Å². The van der Waals surface area contributed by atoms with Crippen LogP contribution in [-0.4, -0.2) is 36.7 Å². The Hall–Kier alpha value is -0.920. The normalized spacial score (nSPS) is 17.7. The minimum atomic E-state index is -0.905. The zero-order chi connectivity index (χ0) is 14.8. The Balaban J connectivity index is 2.02. The van der Waals surface area contributed by atoms with Crippen molar-refractivity contribution in [2.45, 2.75) is 19.8 Å². The van der Waals surface area contributed by atoms with E-state index in [9.17, 15) is 14.7 Å². The Bertz CT molecular complexity index is 503. The second kappa shape index (κ2) is 6.24. The van der Waals surface area contributed by atoms with Crippen LogP contribution in [0, 0.1) is 12.3 Å². The van der Waals surface area contributed by atoms with Gasteiger partial charge in [0.2, 0.25) is 0 Å². The fraction of sp³-hybridized carbons (Fsp3) is 0.538. The summed E-state index contributed by atoms with van der Waals surface area (Å²) in [6.45, 7) is 2.89. The topological polar surface area (TPSA) is 75.6 Å². The summed E-state index contributed by atoms with van der Waals surface area (Å²) in [4.78, 5) is 24.1. The Morgan fingerprint density at radius 3 is 2.65 bits per heavy atom. The van der Waals surface area contributed by atoms with Crippen molar-refractivity contribution >= 4 is 39.1 Å². The maximum atomic E-state index is 12.1. The number of rotatable bonds is 4. The molecule has 5 nitrogen and oxygen atoms in total. The first-order valence-corrected chi connectivity index (χ1v) is 7.91. The second-order valence-corrected chi connectivity index (χ2v) is 7.32. The summed E-state index contributed by atoms with van der Waals surface area (Å²) in [5.74, 6) is -1.10. The molecule has 7 heteroatoms. The molecule has 1 saturated heterocycles. The van der Waals surface area contributed by atoms with E-state index in [1.165, 1.54) is 11.3 Å². The Labute approximate surface area is 129 Å². The third-order valence-corrected chi connectivity index (χ3v) is 5.71. The molecule has 2 N–H and O–H groups in total. The highest BCUT2D eigenvalue weighted by atomic mass is 79.9. The molecule has 0 aromatic carbocycles. The Morgan fingerprint density at radius 2 is 2.15 bits per heavy atom. The lowest BCUT2D eigenvalue weighted by Crippen LogP contribution is -2.46. The van der Waals surface area contributed by atoms with Crippen LogP contribution in [0.3, 0.4) is 0 Å². The van der Waals surface area contributed by atoms with Crippen LogP contribution in [0.5, 0.6) is 0 Å². The van der Waals surface area contributed by atoms with E-state index >= 15 is 0 Å². The predicted octanol–water partition coefficient (Wildman–Crippen LogP) is 2.43. The van der Waals surface area contributed by atoms with Gasteiger partial charge in [-0.25, -0.2) is 0 Å². The van der Waals surface area contributed by atoms with Gasteiger partial charge in [0.25, 0.3) is 5.91 Å². The number of carbonyl (C=O) groups excluding carboxylic acids is 1. The maximum Gasteiger partial charge on any atom is 0.311 e. The number of amides is 1. The second-order valence-electron chi connectivity index (χ2n) is 4.95. The molecule has 110 valence electrons. The number of carboxylic acids is 1. The molecule has 0 unspecified atom stereocenters. The van der Waals surface area contributed by atoms with Crippen molar-refractivity contribution < 1.29 is 19.4 Å². The molecule has 0 radical (unpaired) electrons. The van der Waals surface area contributed by atoms with Crippen LogP contribution in [0.4, 0.5) is 0 Å². The van der Waals surface area contributed by atoms with Gasteiger partial charge in [-0.15, -0.1) is 11.3 Å². The maximum absolute atomic E-state index is 12.1. The lowest BCUT2D eigenvalue weighted by atomic mass is 9.80. The molecule has 2 heterocycles. The smallest absolute Gasteiger partial charge is 0.311 e. The van der Waals surface area contributed by atoms with Crippen molar-refractivity contribution in [1.82, 2.24) is 5.32 Å². The molecule has 2 rings (SSSR count). The SMILES string of the molecule is Cc1cc(C(=O)NCC2(C(=O)O)CCOCC2)sc1Br. The number of aryl methyl sites for hydroxylation is 1. The van der Waals surface area contributed by atoms with Crippen LogP contribution in [0.1, 0.15) is 28.1 Å². The van der Waals surface area contributed by atoms with Gasteiger partial charge in [0.05, 0.1) is 14.1 Å². The van der Waals surface area contributed by atoms with E-state index < -0.39 is 11.4 Å². The van der Waals surface area contributed by atoms with Crippen LogP contribution >= 0.6 is 27.3 Å². The fourth-order valence-corrected chi connectivity index (χ4v) is 3.59. The number of hydrogen-bond donors (Lipinski definition) is 2. The van der Waals surface area contributed by atoms with Gasteiger partial charge in [-0.1, -0.05) is 0 Å². The number of carbonyl (C=O) groups is 2. The van der Waals surface area contributed by atoms with Crippen molar-refractivity contribution in [3.63, 3.8) is 0 Å². The molecular formula is C13H16BrNO4S. The summed E-state index contributed by atoms with van der Waals surface area (Å²) >= 11 is 4.72. The number of nitrogens with one attached hydrogen (secondary N) is 1. The zero-order valence-corrected chi connectivity index (χ0v) is 13.5. The number of halogens is 1. The predicted molar refractivity (Wildman–Crippen MR) is 79.2 cm³/mol. The molecule has 1 amide bonds. The Morgan fingerprint density at radius 1 is 1.50 bits per heavy atom. The largest absolute Gasteiger partial charge is 0.481 e. The van der Waals surface area contributed by atoms with Crippen LogP contribution in [0.25, 0.3) is 0 Å². The third-order valence-electron chi connectivity index (χ3n) is 3.57. The van der Waals surface area contributed by atoms with Gasteiger partial charge in [-0.2, -0.15) is 0 Å². The first-order chi connectivity index (χ1) is 9.44. The molecule has 0 spiro atoms. The van der Waals surface area contributed by atoms with Gasteiger partial charge >= 0.3 is 5.97 Å². The van der Waals surface area contributed by atoms with Crippen LogP contribution < -0.4 is 5.32 Å². The highest BCUT2D eigenvalue weighted by Crippen LogP contribution is 2.31. The minimum absolute atomic E-state index is 0.138. The van der Waals surface area contributed by atoms with E-state index in [-0.39, 0.29) is 12.5 Å². The molecule has 0 atom stereocenters. The number of aliphatic carboxylic acids is 1. The molecule has 1 aromatic rings. The van der Waals surface area contributed by atoms with Crippen molar-refractivity contribution in [1.29, 1.82) is 0 Å². The average Bonchev–Trinajstić information content (AvgIpc) is 2.77. The molecule has 0 bridgehead atoms. The van der Waals surface area contributed by atoms with Crippen LogP contribution in [0.15, 0.2) is 9.85 Å². The van der Waals surface area contributed by atoms with Gasteiger partial charge in [0, 0.05) is 19.8 Å². The van der Waals surface area contributed by atoms with E-state index in [1.54, 1.807) is 6.07 Å². The molecule has 20 heavy (non-hydrogen) atoms. The summed E-state index contributed by atoms with van der Waals surface area (Å²) in [6, 6.07) is 1.79. The lowest BCUT2D eigenvalue weighted by molar-refractivity contribution is -0.154. The third kappa shape index (κ3) is 3.21. The van der Waals surface area contributed by atoms with Crippen molar-refractivity contribution in [2.75, 3.05) is 19.8 Å². The van der Waals surface area contributed by atoms with Gasteiger partial charge < -0.3 is 15.2 Å². The van der Waals surface area contributed by atoms with Crippen molar-refractivity contribution in [2.24, 2.45) is 5.41 Å². The summed E-state index contributed by atoms with van der Waals surface area (Å²) in [6.07, 6.45) is 0.853. The van der Waals surface area contributed by atoms with Crippen LogP contribution in [0.2, 0.25) is 0 Å². The number of ether oxygens (including phenoxy) is 1. The summed E-state index contributed by atoms with van der Waals surface area (Å²) in [5, 5.41) is 12.2. The highest BCUT2D eigenvalue weighted by molar-refractivity contribution is 9.11. The summed E-state index contributed by atoms with van der Waals surface area (Å²) < 4.78 is 6.12. The standard InChI is InChI=1S/C13H16BrNO4S/c1-8-6-9(20-10(8)14)11(16)15-7-13(12(17)18)2-4-19-5-3-13/h6H,2-5,7H2,1H3,(H,15,16)(H,17,18). The quantitative estimate of drug-likeness (QED) is 0.863. The van der Waals surface area contributed by atoms with Crippen molar-refractivity contribution in [3.05, 3.63) is 20.3 Å². The van der Waals surface area contributed by atoms with E-state index in [1.807, 2.05) is 6.92 Å². The van der Waals surface area contributed by atoms with Gasteiger partial charge in [-0.3, -0.25) is 9.59 Å².